The third-order valence-corrected chi connectivity index (χ3v) is 2.77. The number of hydrogen-bond donors (Lipinski definition) is 1. The minimum Gasteiger partial charge on any atom is -0.378 e. The summed E-state index contributed by atoms with van der Waals surface area (Å²) in [4.78, 5) is 24.5. The SMILES string of the molecule is O=C(Cl)Nc1ccc(C(=O)N2CCOCC2)cc1. The van der Waals surface area contributed by atoms with Crippen LogP contribution in [-0.4, -0.2) is 42.5 Å². The van der Waals surface area contributed by atoms with Crippen molar-refractivity contribution in [2.24, 2.45) is 0 Å². The minimum absolute atomic E-state index is 0.0259. The van der Waals surface area contributed by atoms with Crippen LogP contribution in [0, 0.1) is 0 Å². The molecule has 1 aromatic rings. The van der Waals surface area contributed by atoms with Crippen LogP contribution in [0.2, 0.25) is 0 Å². The molecule has 0 unspecified atom stereocenters. The molecule has 2 amide bonds. The zero-order chi connectivity index (χ0) is 13.0. The zero-order valence-electron chi connectivity index (χ0n) is 9.69. The molecule has 0 atom stereocenters. The number of anilines is 1. The van der Waals surface area contributed by atoms with Crippen LogP contribution in [0.3, 0.4) is 0 Å². The van der Waals surface area contributed by atoms with E-state index in [0.29, 0.717) is 37.6 Å². The van der Waals surface area contributed by atoms with Gasteiger partial charge in [0.15, 0.2) is 0 Å². The van der Waals surface area contributed by atoms with Crippen molar-refractivity contribution in [2.45, 2.75) is 0 Å². The molecule has 96 valence electrons. The smallest absolute Gasteiger partial charge is 0.318 e. The molecule has 0 saturated carbocycles. The number of carbonyl (C=O) groups is 2. The summed E-state index contributed by atoms with van der Waals surface area (Å²) in [6.45, 7) is 2.37. The van der Waals surface area contributed by atoms with Gasteiger partial charge in [0, 0.05) is 24.3 Å². The van der Waals surface area contributed by atoms with E-state index in [9.17, 15) is 9.59 Å². The van der Waals surface area contributed by atoms with E-state index in [1.807, 2.05) is 0 Å². The van der Waals surface area contributed by atoms with Crippen molar-refractivity contribution in [1.82, 2.24) is 4.90 Å². The molecule has 1 aliphatic rings. The average molecular weight is 269 g/mol. The Bertz CT molecular complexity index is 441. The van der Waals surface area contributed by atoms with Crippen molar-refractivity contribution in [3.8, 4) is 0 Å². The zero-order valence-corrected chi connectivity index (χ0v) is 10.4. The summed E-state index contributed by atoms with van der Waals surface area (Å²) in [6, 6.07) is 6.63. The average Bonchev–Trinajstić information content (AvgIpc) is 2.39. The Labute approximate surface area is 110 Å². The predicted molar refractivity (Wildman–Crippen MR) is 68.0 cm³/mol. The summed E-state index contributed by atoms with van der Waals surface area (Å²) in [6.07, 6.45) is 0. The number of ether oxygens (including phenoxy) is 1. The fraction of sp³-hybridized carbons (Fsp3) is 0.333. The highest BCUT2D eigenvalue weighted by atomic mass is 35.5. The van der Waals surface area contributed by atoms with E-state index in [1.54, 1.807) is 29.2 Å². The summed E-state index contributed by atoms with van der Waals surface area (Å²) in [5.74, 6) is -0.0259. The first-order chi connectivity index (χ1) is 8.66. The molecule has 0 aromatic heterocycles. The second kappa shape index (κ2) is 5.84. The second-order valence-electron chi connectivity index (χ2n) is 3.88. The van der Waals surface area contributed by atoms with Gasteiger partial charge in [0.25, 0.3) is 5.91 Å². The second-order valence-corrected chi connectivity index (χ2v) is 4.22. The molecule has 1 fully saturated rings. The van der Waals surface area contributed by atoms with Crippen molar-refractivity contribution in [3.63, 3.8) is 0 Å². The van der Waals surface area contributed by atoms with E-state index in [2.05, 4.69) is 5.32 Å². The predicted octanol–water partition coefficient (Wildman–Crippen LogP) is 1.93. The van der Waals surface area contributed by atoms with Crippen molar-refractivity contribution in [2.75, 3.05) is 31.6 Å². The van der Waals surface area contributed by atoms with Crippen LogP contribution in [0.1, 0.15) is 10.4 Å². The largest absolute Gasteiger partial charge is 0.378 e. The van der Waals surface area contributed by atoms with Crippen LogP contribution >= 0.6 is 11.6 Å². The Morgan fingerprint density at radius 2 is 1.78 bits per heavy atom. The van der Waals surface area contributed by atoms with Crippen molar-refractivity contribution in [3.05, 3.63) is 29.8 Å². The van der Waals surface area contributed by atoms with Gasteiger partial charge in [0.1, 0.15) is 0 Å². The number of hydrogen-bond acceptors (Lipinski definition) is 3. The van der Waals surface area contributed by atoms with Gasteiger partial charge in [0.05, 0.1) is 13.2 Å². The first-order valence-corrected chi connectivity index (χ1v) is 5.98. The van der Waals surface area contributed by atoms with E-state index in [1.165, 1.54) is 0 Å². The van der Waals surface area contributed by atoms with Gasteiger partial charge >= 0.3 is 5.37 Å². The number of benzene rings is 1. The van der Waals surface area contributed by atoms with Crippen LogP contribution < -0.4 is 5.32 Å². The van der Waals surface area contributed by atoms with Gasteiger partial charge in [-0.25, -0.2) is 0 Å². The van der Waals surface area contributed by atoms with Crippen molar-refractivity contribution in [1.29, 1.82) is 0 Å². The summed E-state index contributed by atoms with van der Waals surface area (Å²) in [5, 5.41) is 1.78. The molecule has 0 radical (unpaired) electrons. The van der Waals surface area contributed by atoms with Crippen molar-refractivity contribution < 1.29 is 14.3 Å². The van der Waals surface area contributed by atoms with Gasteiger partial charge in [-0.1, -0.05) is 0 Å². The maximum atomic E-state index is 12.1. The number of halogens is 1. The molecule has 1 saturated heterocycles. The van der Waals surface area contributed by atoms with Crippen LogP contribution in [0.25, 0.3) is 0 Å². The standard InChI is InChI=1S/C12H13ClN2O3/c13-12(17)14-10-3-1-9(2-4-10)11(16)15-5-7-18-8-6-15/h1-4H,5-8H2,(H,14,17). The first kappa shape index (κ1) is 12.9. The number of morpholine rings is 1. The fourth-order valence-corrected chi connectivity index (χ4v) is 1.87. The highest BCUT2D eigenvalue weighted by Crippen LogP contribution is 2.13. The highest BCUT2D eigenvalue weighted by molar-refractivity contribution is 6.65. The van der Waals surface area contributed by atoms with Gasteiger partial charge in [0.2, 0.25) is 0 Å². The van der Waals surface area contributed by atoms with Gasteiger partial charge in [-0.2, -0.15) is 0 Å². The Hall–Kier alpha value is -1.59. The first-order valence-electron chi connectivity index (χ1n) is 5.60. The monoisotopic (exact) mass is 268 g/mol. The molecule has 0 bridgehead atoms. The highest BCUT2D eigenvalue weighted by Gasteiger charge is 2.18. The van der Waals surface area contributed by atoms with E-state index >= 15 is 0 Å². The third kappa shape index (κ3) is 3.21. The number of amides is 2. The summed E-state index contributed by atoms with van der Waals surface area (Å²) in [7, 11) is 0. The molecule has 2 rings (SSSR count). The molecular weight excluding hydrogens is 256 g/mol. The number of carbonyl (C=O) groups excluding carboxylic acids is 2. The molecule has 6 heteroatoms. The van der Waals surface area contributed by atoms with E-state index in [0.717, 1.165) is 0 Å². The van der Waals surface area contributed by atoms with Gasteiger partial charge < -0.3 is 15.0 Å². The number of nitrogens with one attached hydrogen (secondary N) is 1. The van der Waals surface area contributed by atoms with E-state index in [-0.39, 0.29) is 5.91 Å². The van der Waals surface area contributed by atoms with Gasteiger partial charge in [-0.05, 0) is 35.9 Å². The Morgan fingerprint density at radius 3 is 2.33 bits per heavy atom. The van der Waals surface area contributed by atoms with E-state index in [4.69, 9.17) is 16.3 Å². The van der Waals surface area contributed by atoms with Crippen LogP contribution in [0.5, 0.6) is 0 Å². The Kier molecular flexibility index (Phi) is 4.17. The van der Waals surface area contributed by atoms with Gasteiger partial charge in [-0.15, -0.1) is 0 Å². The fourth-order valence-electron chi connectivity index (χ4n) is 1.76. The molecule has 18 heavy (non-hydrogen) atoms. The number of rotatable bonds is 2. The molecule has 1 heterocycles. The van der Waals surface area contributed by atoms with Crippen molar-refractivity contribution >= 4 is 28.6 Å². The molecule has 1 aliphatic heterocycles. The lowest BCUT2D eigenvalue weighted by Crippen LogP contribution is -2.40. The third-order valence-electron chi connectivity index (χ3n) is 2.67. The molecule has 1 aromatic carbocycles. The topological polar surface area (TPSA) is 58.6 Å². The maximum Gasteiger partial charge on any atom is 0.318 e. The van der Waals surface area contributed by atoms with Crippen LogP contribution in [0.15, 0.2) is 24.3 Å². The summed E-state index contributed by atoms with van der Waals surface area (Å²) in [5.41, 5.74) is 1.15. The maximum absolute atomic E-state index is 12.1. The molecule has 5 nitrogen and oxygen atoms in total. The lowest BCUT2D eigenvalue weighted by atomic mass is 10.1. The summed E-state index contributed by atoms with van der Waals surface area (Å²) >= 11 is 5.20. The van der Waals surface area contributed by atoms with Crippen LogP contribution in [0.4, 0.5) is 10.5 Å². The summed E-state index contributed by atoms with van der Waals surface area (Å²) < 4.78 is 5.19. The lowest BCUT2D eigenvalue weighted by Gasteiger charge is -2.26. The van der Waals surface area contributed by atoms with E-state index < -0.39 is 5.37 Å². The normalized spacial score (nSPS) is 15.3. The van der Waals surface area contributed by atoms with Crippen LogP contribution in [-0.2, 0) is 4.74 Å². The molecule has 0 spiro atoms. The lowest BCUT2D eigenvalue weighted by molar-refractivity contribution is 0.0303. The Morgan fingerprint density at radius 1 is 1.17 bits per heavy atom. The number of nitrogens with zero attached hydrogens (tertiary/aromatic N) is 1. The quantitative estimate of drug-likeness (QED) is 0.659. The molecule has 1 N–H and O–H groups in total. The minimum atomic E-state index is -0.651. The molecular formula is C12H13ClN2O3. The molecule has 0 aliphatic carbocycles. The van der Waals surface area contributed by atoms with Gasteiger partial charge in [-0.3, -0.25) is 9.59 Å². The Balaban J connectivity index is 2.04.